The molecule has 1 aromatic carbocycles. The standard InChI is InChI=1S/C14H16N4O2/c1-3-20-14(19)17-16-11(2)12-4-6-13(7-5-12)18-9-8-15-10-18/h4-10H,3H2,1-2H3,(H,17,19). The molecule has 0 saturated carbocycles. The van der Waals surface area contributed by atoms with Crippen molar-refractivity contribution in [2.24, 2.45) is 5.10 Å². The quantitative estimate of drug-likeness (QED) is 0.686. The number of amides is 1. The van der Waals surface area contributed by atoms with E-state index in [2.05, 4.69) is 15.5 Å². The number of carbonyl (C=O) groups is 1. The second kappa shape index (κ2) is 6.51. The van der Waals surface area contributed by atoms with Gasteiger partial charge in [0, 0.05) is 18.1 Å². The van der Waals surface area contributed by atoms with E-state index in [1.165, 1.54) is 0 Å². The summed E-state index contributed by atoms with van der Waals surface area (Å²) in [6, 6.07) is 7.78. The minimum Gasteiger partial charge on any atom is -0.449 e. The van der Waals surface area contributed by atoms with Crippen molar-refractivity contribution in [3.05, 3.63) is 48.5 Å². The molecule has 0 fully saturated rings. The van der Waals surface area contributed by atoms with E-state index >= 15 is 0 Å². The normalized spacial score (nSPS) is 11.2. The number of carbonyl (C=O) groups excluding carboxylic acids is 1. The fourth-order valence-electron chi connectivity index (χ4n) is 1.64. The number of rotatable bonds is 4. The molecular formula is C14H16N4O2. The van der Waals surface area contributed by atoms with E-state index < -0.39 is 6.09 Å². The van der Waals surface area contributed by atoms with Crippen LogP contribution >= 0.6 is 0 Å². The van der Waals surface area contributed by atoms with Crippen LogP contribution in [0.25, 0.3) is 5.69 Å². The van der Waals surface area contributed by atoms with E-state index in [0.717, 1.165) is 11.3 Å². The highest BCUT2D eigenvalue weighted by Crippen LogP contribution is 2.09. The maximum atomic E-state index is 11.1. The number of aromatic nitrogens is 2. The van der Waals surface area contributed by atoms with Gasteiger partial charge >= 0.3 is 6.09 Å². The summed E-state index contributed by atoms with van der Waals surface area (Å²) in [6.07, 6.45) is 4.78. The SMILES string of the molecule is CCOC(=O)NN=C(C)c1ccc(-n2ccnc2)cc1. The van der Waals surface area contributed by atoms with Crippen LogP contribution in [-0.4, -0.2) is 28.0 Å². The smallest absolute Gasteiger partial charge is 0.427 e. The van der Waals surface area contributed by atoms with Gasteiger partial charge in [-0.05, 0) is 31.5 Å². The molecule has 1 heterocycles. The Kier molecular flexibility index (Phi) is 4.49. The summed E-state index contributed by atoms with van der Waals surface area (Å²) in [7, 11) is 0. The fourth-order valence-corrected chi connectivity index (χ4v) is 1.64. The van der Waals surface area contributed by atoms with Crippen LogP contribution in [0.3, 0.4) is 0 Å². The van der Waals surface area contributed by atoms with Gasteiger partial charge in [0.2, 0.25) is 0 Å². The van der Waals surface area contributed by atoms with Crippen molar-refractivity contribution in [1.82, 2.24) is 15.0 Å². The molecule has 0 aliphatic heterocycles. The van der Waals surface area contributed by atoms with Gasteiger partial charge < -0.3 is 9.30 Å². The van der Waals surface area contributed by atoms with Gasteiger partial charge in [0.05, 0.1) is 18.6 Å². The molecule has 2 aromatic rings. The number of nitrogens with one attached hydrogen (secondary N) is 1. The van der Waals surface area contributed by atoms with Crippen molar-refractivity contribution >= 4 is 11.8 Å². The minimum absolute atomic E-state index is 0.319. The number of nitrogens with zero attached hydrogens (tertiary/aromatic N) is 3. The average Bonchev–Trinajstić information content (AvgIpc) is 2.99. The van der Waals surface area contributed by atoms with Crippen LogP contribution in [0.15, 0.2) is 48.1 Å². The molecule has 20 heavy (non-hydrogen) atoms. The third kappa shape index (κ3) is 3.44. The van der Waals surface area contributed by atoms with Gasteiger partial charge in [0.25, 0.3) is 0 Å². The Morgan fingerprint density at radius 2 is 2.15 bits per heavy atom. The summed E-state index contributed by atoms with van der Waals surface area (Å²) < 4.78 is 6.64. The van der Waals surface area contributed by atoms with Gasteiger partial charge in [0.15, 0.2) is 0 Å². The minimum atomic E-state index is -0.554. The predicted molar refractivity (Wildman–Crippen MR) is 75.9 cm³/mol. The van der Waals surface area contributed by atoms with E-state index in [1.54, 1.807) is 19.4 Å². The molecule has 0 bridgehead atoms. The fraction of sp³-hybridized carbons (Fsp3) is 0.214. The Morgan fingerprint density at radius 3 is 2.75 bits per heavy atom. The molecule has 6 heteroatoms. The first-order chi connectivity index (χ1) is 9.70. The second-order valence-electron chi connectivity index (χ2n) is 4.05. The van der Waals surface area contributed by atoms with Gasteiger partial charge in [-0.15, -0.1) is 0 Å². The Morgan fingerprint density at radius 1 is 1.40 bits per heavy atom. The highest BCUT2D eigenvalue weighted by molar-refractivity contribution is 5.99. The summed E-state index contributed by atoms with van der Waals surface area (Å²) in [5, 5.41) is 3.98. The van der Waals surface area contributed by atoms with E-state index in [1.807, 2.05) is 42.0 Å². The molecule has 0 atom stereocenters. The van der Waals surface area contributed by atoms with Crippen molar-refractivity contribution in [3.8, 4) is 5.69 Å². The molecule has 0 unspecified atom stereocenters. The van der Waals surface area contributed by atoms with Gasteiger partial charge in [-0.3, -0.25) is 0 Å². The summed E-state index contributed by atoms with van der Waals surface area (Å²) in [5.41, 5.74) is 4.97. The summed E-state index contributed by atoms with van der Waals surface area (Å²) in [5.74, 6) is 0. The monoisotopic (exact) mass is 272 g/mol. The lowest BCUT2D eigenvalue weighted by atomic mass is 10.1. The van der Waals surface area contributed by atoms with Crippen molar-refractivity contribution < 1.29 is 9.53 Å². The van der Waals surface area contributed by atoms with Gasteiger partial charge in [-0.1, -0.05) is 12.1 Å². The first-order valence-electron chi connectivity index (χ1n) is 6.26. The average molecular weight is 272 g/mol. The molecule has 2 rings (SSSR count). The molecule has 0 spiro atoms. The van der Waals surface area contributed by atoms with E-state index in [-0.39, 0.29) is 0 Å². The zero-order valence-corrected chi connectivity index (χ0v) is 11.4. The highest BCUT2D eigenvalue weighted by Gasteiger charge is 2.01. The number of hydrogen-bond acceptors (Lipinski definition) is 4. The van der Waals surface area contributed by atoms with Crippen LogP contribution in [0.4, 0.5) is 4.79 Å². The van der Waals surface area contributed by atoms with Crippen molar-refractivity contribution in [2.75, 3.05) is 6.61 Å². The number of hydrogen-bond donors (Lipinski definition) is 1. The zero-order valence-electron chi connectivity index (χ0n) is 11.4. The first-order valence-corrected chi connectivity index (χ1v) is 6.26. The molecule has 0 radical (unpaired) electrons. The van der Waals surface area contributed by atoms with Crippen LogP contribution in [0.2, 0.25) is 0 Å². The molecule has 0 aliphatic rings. The van der Waals surface area contributed by atoms with Crippen LogP contribution in [0.1, 0.15) is 19.4 Å². The van der Waals surface area contributed by atoms with E-state index in [9.17, 15) is 4.79 Å². The molecule has 6 nitrogen and oxygen atoms in total. The number of benzene rings is 1. The molecule has 1 aromatic heterocycles. The lowest BCUT2D eigenvalue weighted by molar-refractivity contribution is 0.152. The maximum Gasteiger partial charge on any atom is 0.427 e. The van der Waals surface area contributed by atoms with E-state index in [4.69, 9.17) is 4.74 Å². The molecule has 104 valence electrons. The largest absolute Gasteiger partial charge is 0.449 e. The van der Waals surface area contributed by atoms with Crippen molar-refractivity contribution in [3.63, 3.8) is 0 Å². The molecule has 1 N–H and O–H groups in total. The molecule has 0 aliphatic carbocycles. The first kappa shape index (κ1) is 13.8. The summed E-state index contributed by atoms with van der Waals surface area (Å²) >= 11 is 0. The maximum absolute atomic E-state index is 11.1. The van der Waals surface area contributed by atoms with Gasteiger partial charge in [-0.2, -0.15) is 5.10 Å². The molecule has 1 amide bonds. The Labute approximate surface area is 117 Å². The van der Waals surface area contributed by atoms with Crippen molar-refractivity contribution in [1.29, 1.82) is 0 Å². The number of hydrazone groups is 1. The van der Waals surface area contributed by atoms with E-state index in [0.29, 0.717) is 12.3 Å². The third-order valence-corrected chi connectivity index (χ3v) is 2.68. The number of ether oxygens (including phenoxy) is 1. The Hall–Kier alpha value is -2.63. The topological polar surface area (TPSA) is 68.5 Å². The molecule has 0 saturated heterocycles. The Balaban J connectivity index is 2.06. The zero-order chi connectivity index (χ0) is 14.4. The summed E-state index contributed by atoms with van der Waals surface area (Å²) in [6.45, 7) is 3.88. The summed E-state index contributed by atoms with van der Waals surface area (Å²) in [4.78, 5) is 15.1. The van der Waals surface area contributed by atoms with Crippen LogP contribution in [0.5, 0.6) is 0 Å². The predicted octanol–water partition coefficient (Wildman–Crippen LogP) is 2.34. The second-order valence-corrected chi connectivity index (χ2v) is 4.05. The van der Waals surface area contributed by atoms with Crippen molar-refractivity contribution in [2.45, 2.75) is 13.8 Å². The highest BCUT2D eigenvalue weighted by atomic mass is 16.5. The number of imidazole rings is 1. The van der Waals surface area contributed by atoms with Crippen LogP contribution in [-0.2, 0) is 4.74 Å². The third-order valence-electron chi connectivity index (χ3n) is 2.68. The lowest BCUT2D eigenvalue weighted by Crippen LogP contribution is -2.20. The van der Waals surface area contributed by atoms with Gasteiger partial charge in [0.1, 0.15) is 0 Å². The van der Waals surface area contributed by atoms with Gasteiger partial charge in [-0.25, -0.2) is 15.2 Å². The van der Waals surface area contributed by atoms with Crippen LogP contribution in [0, 0.1) is 0 Å². The lowest BCUT2D eigenvalue weighted by Gasteiger charge is -2.05. The Bertz CT molecular complexity index is 588. The molecular weight excluding hydrogens is 256 g/mol. The van der Waals surface area contributed by atoms with Crippen LogP contribution < -0.4 is 5.43 Å².